The standard InChI is InChI=1S/C18H17ClN4OS/c1-6-7-12(10(4)19)16-22-23-17(24-16)15-14(20)13-9(3)8(2)11(5)21-18(13)25-15/h6-7H,1,4,20H2,2-3,5H3/b12-7+. The van der Waals surface area contributed by atoms with Crippen molar-refractivity contribution < 1.29 is 4.42 Å². The van der Waals surface area contributed by atoms with Crippen LogP contribution in [0.2, 0.25) is 0 Å². The van der Waals surface area contributed by atoms with Crippen molar-refractivity contribution in [2.75, 3.05) is 5.73 Å². The van der Waals surface area contributed by atoms with Gasteiger partial charge in [-0.25, -0.2) is 4.98 Å². The number of anilines is 1. The van der Waals surface area contributed by atoms with Crippen LogP contribution < -0.4 is 5.73 Å². The van der Waals surface area contributed by atoms with Crippen LogP contribution in [-0.2, 0) is 0 Å². The lowest BCUT2D eigenvalue weighted by Gasteiger charge is -2.05. The number of pyridine rings is 1. The maximum absolute atomic E-state index is 6.36. The van der Waals surface area contributed by atoms with E-state index in [-0.39, 0.29) is 5.89 Å². The van der Waals surface area contributed by atoms with Crippen molar-refractivity contribution in [3.05, 3.63) is 53.1 Å². The molecule has 0 unspecified atom stereocenters. The molecule has 0 aliphatic rings. The van der Waals surface area contributed by atoms with E-state index in [0.29, 0.717) is 27.1 Å². The number of hydrogen-bond acceptors (Lipinski definition) is 6. The van der Waals surface area contributed by atoms with Gasteiger partial charge < -0.3 is 10.2 Å². The van der Waals surface area contributed by atoms with Crippen LogP contribution in [0, 0.1) is 20.8 Å². The molecule has 0 aliphatic carbocycles. The van der Waals surface area contributed by atoms with Gasteiger partial charge in [0.05, 0.1) is 11.3 Å². The summed E-state index contributed by atoms with van der Waals surface area (Å²) in [6, 6.07) is 0. The Bertz CT molecular complexity index is 1050. The summed E-state index contributed by atoms with van der Waals surface area (Å²) >= 11 is 7.43. The Labute approximate surface area is 154 Å². The molecule has 128 valence electrons. The summed E-state index contributed by atoms with van der Waals surface area (Å²) in [4.78, 5) is 6.19. The van der Waals surface area contributed by atoms with Crippen LogP contribution in [0.5, 0.6) is 0 Å². The summed E-state index contributed by atoms with van der Waals surface area (Å²) in [5.41, 5.74) is 10.7. The number of nitrogen functional groups attached to an aromatic ring is 1. The molecular formula is C18H17ClN4OS. The molecule has 5 nitrogen and oxygen atoms in total. The predicted octanol–water partition coefficient (Wildman–Crippen LogP) is 5.18. The minimum atomic E-state index is 0.267. The molecular weight excluding hydrogens is 356 g/mol. The highest BCUT2D eigenvalue weighted by Gasteiger charge is 2.21. The molecule has 0 radical (unpaired) electrons. The van der Waals surface area contributed by atoms with Crippen LogP contribution >= 0.6 is 22.9 Å². The smallest absolute Gasteiger partial charge is 0.260 e. The van der Waals surface area contributed by atoms with Gasteiger partial charge >= 0.3 is 0 Å². The number of nitrogens with two attached hydrogens (primary N) is 1. The SMILES string of the molecule is C=C/C=C(\C(=C)Cl)c1nnc(-c2sc3nc(C)c(C)c(C)c3c2N)o1. The van der Waals surface area contributed by atoms with Crippen molar-refractivity contribution in [1.29, 1.82) is 0 Å². The number of aryl methyl sites for hydroxylation is 2. The molecule has 0 atom stereocenters. The van der Waals surface area contributed by atoms with E-state index in [4.69, 9.17) is 21.8 Å². The molecule has 0 aliphatic heterocycles. The van der Waals surface area contributed by atoms with E-state index in [1.165, 1.54) is 11.3 Å². The minimum absolute atomic E-state index is 0.267. The van der Waals surface area contributed by atoms with E-state index in [1.54, 1.807) is 12.2 Å². The Kier molecular flexibility index (Phi) is 4.49. The fourth-order valence-corrected chi connectivity index (χ4v) is 3.81. The highest BCUT2D eigenvalue weighted by Crippen LogP contribution is 2.42. The van der Waals surface area contributed by atoms with Gasteiger partial charge in [-0.2, -0.15) is 0 Å². The van der Waals surface area contributed by atoms with Crippen molar-refractivity contribution in [2.24, 2.45) is 0 Å². The number of hydrogen-bond donors (Lipinski definition) is 1. The van der Waals surface area contributed by atoms with Crippen LogP contribution in [0.1, 0.15) is 22.7 Å². The van der Waals surface area contributed by atoms with E-state index in [1.807, 2.05) is 20.8 Å². The lowest BCUT2D eigenvalue weighted by atomic mass is 10.1. The fourth-order valence-electron chi connectivity index (χ4n) is 2.55. The minimum Gasteiger partial charge on any atom is -0.415 e. The normalized spacial score (nSPS) is 11.9. The molecule has 7 heteroatoms. The maximum atomic E-state index is 6.36. The van der Waals surface area contributed by atoms with E-state index in [2.05, 4.69) is 28.3 Å². The van der Waals surface area contributed by atoms with Gasteiger partial charge in [0.2, 0.25) is 5.89 Å². The Hall–Kier alpha value is -2.44. The Morgan fingerprint density at radius 1 is 1.24 bits per heavy atom. The van der Waals surface area contributed by atoms with E-state index >= 15 is 0 Å². The third-order valence-corrected chi connectivity index (χ3v) is 5.39. The average molecular weight is 373 g/mol. The number of rotatable bonds is 4. The number of fused-ring (bicyclic) bond motifs is 1. The molecule has 0 bridgehead atoms. The zero-order valence-electron chi connectivity index (χ0n) is 14.2. The van der Waals surface area contributed by atoms with Gasteiger partial charge in [0.25, 0.3) is 5.89 Å². The number of allylic oxidation sites excluding steroid dienone is 4. The van der Waals surface area contributed by atoms with Crippen LogP contribution in [0.15, 0.2) is 34.8 Å². The van der Waals surface area contributed by atoms with Crippen molar-refractivity contribution >= 4 is 44.4 Å². The molecule has 3 aromatic rings. The van der Waals surface area contributed by atoms with Gasteiger partial charge in [0.1, 0.15) is 9.71 Å². The lowest BCUT2D eigenvalue weighted by Crippen LogP contribution is -1.93. The van der Waals surface area contributed by atoms with Crippen LogP contribution in [-0.4, -0.2) is 15.2 Å². The van der Waals surface area contributed by atoms with Gasteiger partial charge in [-0.05, 0) is 38.0 Å². The molecule has 0 amide bonds. The molecule has 25 heavy (non-hydrogen) atoms. The quantitative estimate of drug-likeness (QED) is 0.638. The monoisotopic (exact) mass is 372 g/mol. The molecule has 3 rings (SSSR count). The topological polar surface area (TPSA) is 77.8 Å². The van der Waals surface area contributed by atoms with Gasteiger partial charge in [-0.3, -0.25) is 0 Å². The molecule has 0 saturated carbocycles. The first kappa shape index (κ1) is 17.4. The summed E-state index contributed by atoms with van der Waals surface area (Å²) in [5, 5.41) is 9.40. The van der Waals surface area contributed by atoms with Crippen LogP contribution in [0.3, 0.4) is 0 Å². The third kappa shape index (κ3) is 2.88. The second kappa shape index (κ2) is 6.46. The molecule has 0 spiro atoms. The van der Waals surface area contributed by atoms with Crippen molar-refractivity contribution in [3.63, 3.8) is 0 Å². The summed E-state index contributed by atoms with van der Waals surface area (Å²) in [6.07, 6.45) is 3.25. The molecule has 3 heterocycles. The van der Waals surface area contributed by atoms with Gasteiger partial charge in [0, 0.05) is 16.1 Å². The lowest BCUT2D eigenvalue weighted by molar-refractivity contribution is 0.556. The first-order valence-electron chi connectivity index (χ1n) is 7.52. The Balaban J connectivity index is 2.17. The predicted molar refractivity (Wildman–Crippen MR) is 105 cm³/mol. The van der Waals surface area contributed by atoms with Gasteiger partial charge in [0.15, 0.2) is 0 Å². The summed E-state index contributed by atoms with van der Waals surface area (Å²) in [5.74, 6) is 0.599. The fraction of sp³-hybridized carbons (Fsp3) is 0.167. The summed E-state index contributed by atoms with van der Waals surface area (Å²) in [7, 11) is 0. The molecule has 0 aromatic carbocycles. The highest BCUT2D eigenvalue weighted by atomic mass is 35.5. The third-order valence-electron chi connectivity index (χ3n) is 4.10. The Morgan fingerprint density at radius 2 is 1.96 bits per heavy atom. The maximum Gasteiger partial charge on any atom is 0.260 e. The number of aromatic nitrogens is 3. The molecule has 3 aromatic heterocycles. The Morgan fingerprint density at radius 3 is 2.60 bits per heavy atom. The zero-order valence-corrected chi connectivity index (χ0v) is 15.8. The summed E-state index contributed by atoms with van der Waals surface area (Å²) in [6.45, 7) is 13.4. The van der Waals surface area contributed by atoms with Crippen LogP contribution in [0.4, 0.5) is 5.69 Å². The highest BCUT2D eigenvalue weighted by molar-refractivity contribution is 7.22. The van der Waals surface area contributed by atoms with Crippen molar-refractivity contribution in [1.82, 2.24) is 15.2 Å². The van der Waals surface area contributed by atoms with E-state index in [9.17, 15) is 0 Å². The molecule has 0 saturated heterocycles. The van der Waals surface area contributed by atoms with E-state index < -0.39 is 0 Å². The summed E-state index contributed by atoms with van der Waals surface area (Å²) < 4.78 is 5.78. The first-order chi connectivity index (χ1) is 11.8. The van der Waals surface area contributed by atoms with Gasteiger partial charge in [-0.15, -0.1) is 21.5 Å². The molecule has 0 fully saturated rings. The van der Waals surface area contributed by atoms with Crippen molar-refractivity contribution in [3.8, 4) is 10.8 Å². The number of nitrogens with zero attached hydrogens (tertiary/aromatic N) is 3. The second-order valence-electron chi connectivity index (χ2n) is 5.61. The van der Waals surface area contributed by atoms with Crippen LogP contribution in [0.25, 0.3) is 26.6 Å². The molecule has 2 N–H and O–H groups in total. The van der Waals surface area contributed by atoms with E-state index in [0.717, 1.165) is 27.0 Å². The largest absolute Gasteiger partial charge is 0.415 e. The average Bonchev–Trinajstić information content (AvgIpc) is 3.15. The number of halogens is 1. The van der Waals surface area contributed by atoms with Crippen molar-refractivity contribution in [2.45, 2.75) is 20.8 Å². The second-order valence-corrected chi connectivity index (χ2v) is 7.06. The first-order valence-corrected chi connectivity index (χ1v) is 8.72. The number of thiophene rings is 1. The zero-order chi connectivity index (χ0) is 18.3. The van der Waals surface area contributed by atoms with Gasteiger partial charge in [-0.1, -0.05) is 30.8 Å².